The molecule has 170 valence electrons. The largest absolute Gasteiger partial charge is 0.493 e. The molecule has 1 saturated heterocycles. The summed E-state index contributed by atoms with van der Waals surface area (Å²) in [6.07, 6.45) is 0.265. The Labute approximate surface area is 195 Å². The van der Waals surface area contributed by atoms with Crippen LogP contribution in [-0.4, -0.2) is 41.7 Å². The number of imide groups is 1. The summed E-state index contributed by atoms with van der Waals surface area (Å²) in [6, 6.07) is 21.7. The highest BCUT2D eigenvalue weighted by Crippen LogP contribution is 2.40. The van der Waals surface area contributed by atoms with Gasteiger partial charge >= 0.3 is 6.03 Å². The van der Waals surface area contributed by atoms with Crippen molar-refractivity contribution in [1.29, 1.82) is 0 Å². The van der Waals surface area contributed by atoms with Crippen LogP contribution in [0.15, 0.2) is 78.9 Å². The maximum absolute atomic E-state index is 13.4. The van der Waals surface area contributed by atoms with Crippen molar-refractivity contribution in [3.8, 4) is 5.75 Å². The summed E-state index contributed by atoms with van der Waals surface area (Å²) < 4.78 is 5.63. The zero-order valence-electron chi connectivity index (χ0n) is 18.1. The third kappa shape index (κ3) is 3.59. The normalized spacial score (nSPS) is 18.8. The van der Waals surface area contributed by atoms with Gasteiger partial charge in [0.05, 0.1) is 12.3 Å². The number of hydrogen-bond donors (Lipinski definition) is 2. The van der Waals surface area contributed by atoms with E-state index in [1.54, 1.807) is 72.8 Å². The Morgan fingerprint density at radius 3 is 2.47 bits per heavy atom. The molecule has 0 saturated carbocycles. The fourth-order valence-corrected chi connectivity index (χ4v) is 4.38. The van der Waals surface area contributed by atoms with Crippen LogP contribution in [0.4, 0.5) is 10.5 Å². The number of nitrogens with zero attached hydrogens (tertiary/aromatic N) is 1. The Morgan fingerprint density at radius 1 is 0.941 bits per heavy atom. The Hall–Kier alpha value is -4.46. The fourth-order valence-electron chi connectivity index (χ4n) is 4.38. The quantitative estimate of drug-likeness (QED) is 0.455. The molecule has 34 heavy (non-hydrogen) atoms. The van der Waals surface area contributed by atoms with E-state index in [2.05, 4.69) is 10.6 Å². The van der Waals surface area contributed by atoms with Crippen molar-refractivity contribution in [3.05, 3.63) is 95.6 Å². The van der Waals surface area contributed by atoms with Gasteiger partial charge in [-0.2, -0.15) is 0 Å². The van der Waals surface area contributed by atoms with Gasteiger partial charge in [-0.3, -0.25) is 19.3 Å². The lowest BCUT2D eigenvalue weighted by Gasteiger charge is -2.33. The molecule has 0 aliphatic carbocycles. The first-order chi connectivity index (χ1) is 16.5. The molecule has 2 N–H and O–H groups in total. The van der Waals surface area contributed by atoms with Gasteiger partial charge in [0.25, 0.3) is 5.91 Å². The number of benzene rings is 3. The summed E-state index contributed by atoms with van der Waals surface area (Å²) in [5.41, 5.74) is 0.418. The zero-order chi connectivity index (χ0) is 23.7. The van der Waals surface area contributed by atoms with E-state index in [4.69, 9.17) is 4.74 Å². The van der Waals surface area contributed by atoms with E-state index in [1.807, 2.05) is 6.07 Å². The van der Waals surface area contributed by atoms with Crippen LogP contribution in [0.3, 0.4) is 0 Å². The Kier molecular flexibility index (Phi) is 5.33. The molecule has 0 unspecified atom stereocenters. The summed E-state index contributed by atoms with van der Waals surface area (Å²) in [5, 5.41) is 5.45. The number of ether oxygens (including phenoxy) is 1. The summed E-state index contributed by atoms with van der Waals surface area (Å²) in [5.74, 6) is -0.808. The minimum absolute atomic E-state index is 0.246. The van der Waals surface area contributed by atoms with E-state index in [-0.39, 0.29) is 18.8 Å². The molecule has 2 heterocycles. The van der Waals surface area contributed by atoms with Crippen LogP contribution in [0, 0.1) is 0 Å². The molecule has 1 atom stereocenters. The predicted molar refractivity (Wildman–Crippen MR) is 123 cm³/mol. The minimum Gasteiger partial charge on any atom is -0.493 e. The minimum atomic E-state index is -1.26. The van der Waals surface area contributed by atoms with Gasteiger partial charge in [0.2, 0.25) is 5.91 Å². The lowest BCUT2D eigenvalue weighted by atomic mass is 9.84. The number of carbonyl (C=O) groups excluding carboxylic acids is 4. The summed E-state index contributed by atoms with van der Waals surface area (Å²) in [7, 11) is 0. The van der Waals surface area contributed by atoms with Crippen molar-refractivity contribution < 1.29 is 23.9 Å². The molecule has 0 aromatic heterocycles. The maximum atomic E-state index is 13.4. The van der Waals surface area contributed by atoms with Crippen LogP contribution in [0.1, 0.15) is 27.9 Å². The van der Waals surface area contributed by atoms with Gasteiger partial charge in [-0.05, 0) is 18.2 Å². The van der Waals surface area contributed by atoms with E-state index in [0.29, 0.717) is 28.1 Å². The van der Waals surface area contributed by atoms with Crippen LogP contribution >= 0.6 is 0 Å². The monoisotopic (exact) mass is 455 g/mol. The molecule has 0 radical (unpaired) electrons. The van der Waals surface area contributed by atoms with E-state index in [0.717, 1.165) is 4.90 Å². The topological polar surface area (TPSA) is 105 Å². The van der Waals surface area contributed by atoms with E-state index in [9.17, 15) is 19.2 Å². The number of para-hydroxylation sites is 2. The smallest absolute Gasteiger partial charge is 0.325 e. The Bertz CT molecular complexity index is 1310. The van der Waals surface area contributed by atoms with Crippen molar-refractivity contribution in [2.75, 3.05) is 18.5 Å². The number of urea groups is 1. The molecule has 2 aliphatic heterocycles. The predicted octanol–water partition coefficient (Wildman–Crippen LogP) is 3.09. The van der Waals surface area contributed by atoms with E-state index < -0.39 is 29.9 Å². The first kappa shape index (κ1) is 21.4. The van der Waals surface area contributed by atoms with Crippen LogP contribution in [0.25, 0.3) is 0 Å². The lowest BCUT2D eigenvalue weighted by Crippen LogP contribution is -2.48. The summed E-state index contributed by atoms with van der Waals surface area (Å²) in [4.78, 5) is 52.8. The second kappa shape index (κ2) is 8.47. The molecule has 3 aromatic rings. The average Bonchev–Trinajstić information content (AvgIpc) is 3.09. The first-order valence-corrected chi connectivity index (χ1v) is 10.8. The number of carbonyl (C=O) groups is 4. The molecule has 4 amide bonds. The van der Waals surface area contributed by atoms with E-state index in [1.165, 1.54) is 0 Å². The van der Waals surface area contributed by atoms with Crippen LogP contribution < -0.4 is 15.4 Å². The van der Waals surface area contributed by atoms with Crippen molar-refractivity contribution in [2.24, 2.45) is 0 Å². The molecule has 5 rings (SSSR count). The standard InChI is InChI=1S/C26H21N3O5/c30-22(27-20-12-6-4-10-18(20)23(31)17-8-2-1-3-9-17)16-29-24(32)26(28-25(29)33)14-15-34-21-13-7-5-11-19(21)26/h1-13H,14-16H2,(H,27,30)(H,28,33)/t26-/m0/s1. The summed E-state index contributed by atoms with van der Waals surface area (Å²) >= 11 is 0. The average molecular weight is 455 g/mol. The molecular weight excluding hydrogens is 434 g/mol. The maximum Gasteiger partial charge on any atom is 0.325 e. The van der Waals surface area contributed by atoms with Gasteiger partial charge in [-0.25, -0.2) is 4.79 Å². The van der Waals surface area contributed by atoms with Crippen LogP contribution in [0.5, 0.6) is 5.75 Å². The lowest BCUT2D eigenvalue weighted by molar-refractivity contribution is -0.135. The molecule has 8 heteroatoms. The molecule has 0 bridgehead atoms. The fraction of sp³-hybridized carbons (Fsp3) is 0.154. The molecule has 1 spiro atoms. The van der Waals surface area contributed by atoms with Crippen molar-refractivity contribution in [1.82, 2.24) is 10.2 Å². The van der Waals surface area contributed by atoms with Crippen molar-refractivity contribution >= 4 is 29.3 Å². The SMILES string of the molecule is O=C(CN1C(=O)N[C@]2(CCOc3ccccc32)C1=O)Nc1ccccc1C(=O)c1ccccc1. The highest BCUT2D eigenvalue weighted by Gasteiger charge is 2.55. The van der Waals surface area contributed by atoms with Crippen LogP contribution in [-0.2, 0) is 15.1 Å². The number of anilines is 1. The molecule has 3 aromatic carbocycles. The number of rotatable bonds is 5. The van der Waals surface area contributed by atoms with Crippen molar-refractivity contribution in [3.63, 3.8) is 0 Å². The van der Waals surface area contributed by atoms with Gasteiger partial charge in [-0.1, -0.05) is 60.7 Å². The molecule has 1 fully saturated rings. The third-order valence-corrected chi connectivity index (χ3v) is 6.04. The third-order valence-electron chi connectivity index (χ3n) is 6.04. The Morgan fingerprint density at radius 2 is 1.65 bits per heavy atom. The van der Waals surface area contributed by atoms with Gasteiger partial charge in [0, 0.05) is 23.1 Å². The molecule has 8 nitrogen and oxygen atoms in total. The number of amides is 4. The molecular formula is C26H21N3O5. The highest BCUT2D eigenvalue weighted by molar-refractivity contribution is 6.15. The number of ketones is 1. The first-order valence-electron chi connectivity index (χ1n) is 10.8. The molecule has 2 aliphatic rings. The number of fused-ring (bicyclic) bond motifs is 2. The van der Waals surface area contributed by atoms with Gasteiger partial charge in [0.1, 0.15) is 12.3 Å². The second-order valence-electron chi connectivity index (χ2n) is 8.11. The van der Waals surface area contributed by atoms with Gasteiger partial charge < -0.3 is 15.4 Å². The van der Waals surface area contributed by atoms with Gasteiger partial charge in [-0.15, -0.1) is 0 Å². The van der Waals surface area contributed by atoms with Crippen LogP contribution in [0.2, 0.25) is 0 Å². The highest BCUT2D eigenvalue weighted by atomic mass is 16.5. The van der Waals surface area contributed by atoms with Crippen molar-refractivity contribution in [2.45, 2.75) is 12.0 Å². The zero-order valence-corrected chi connectivity index (χ0v) is 18.1. The van der Waals surface area contributed by atoms with Gasteiger partial charge in [0.15, 0.2) is 11.3 Å². The second-order valence-corrected chi connectivity index (χ2v) is 8.11. The summed E-state index contributed by atoms with van der Waals surface area (Å²) in [6.45, 7) is -0.221. The van der Waals surface area contributed by atoms with E-state index >= 15 is 0 Å². The Balaban J connectivity index is 1.35. The number of nitrogens with one attached hydrogen (secondary N) is 2. The number of hydrogen-bond acceptors (Lipinski definition) is 5.